The standard InChI is InChI=1S/C13H15ClN4O/c1-9-4-5-12(14)10(2)13(9)18(11(3)19)8-17-6-15-16-7-17/h4-7H,8H2,1-3H3. The molecule has 1 amide bonds. The van der Waals surface area contributed by atoms with E-state index >= 15 is 0 Å². The Bertz CT molecular complexity index is 595. The van der Waals surface area contributed by atoms with Gasteiger partial charge in [-0.25, -0.2) is 0 Å². The zero-order chi connectivity index (χ0) is 14.0. The van der Waals surface area contributed by atoms with Gasteiger partial charge in [0.2, 0.25) is 5.91 Å². The highest BCUT2D eigenvalue weighted by Crippen LogP contribution is 2.30. The van der Waals surface area contributed by atoms with E-state index in [9.17, 15) is 4.79 Å². The summed E-state index contributed by atoms with van der Waals surface area (Å²) >= 11 is 6.15. The molecule has 0 unspecified atom stereocenters. The molecular weight excluding hydrogens is 264 g/mol. The summed E-state index contributed by atoms with van der Waals surface area (Å²) in [5.74, 6) is -0.0535. The van der Waals surface area contributed by atoms with Crippen molar-refractivity contribution in [2.45, 2.75) is 27.4 Å². The van der Waals surface area contributed by atoms with Gasteiger partial charge in [0.05, 0.1) is 5.69 Å². The monoisotopic (exact) mass is 278 g/mol. The highest BCUT2D eigenvalue weighted by molar-refractivity contribution is 6.31. The van der Waals surface area contributed by atoms with Gasteiger partial charge in [0.1, 0.15) is 19.3 Å². The summed E-state index contributed by atoms with van der Waals surface area (Å²) in [4.78, 5) is 13.6. The van der Waals surface area contributed by atoms with Gasteiger partial charge in [-0.3, -0.25) is 9.69 Å². The summed E-state index contributed by atoms with van der Waals surface area (Å²) in [6.07, 6.45) is 3.15. The number of benzene rings is 1. The van der Waals surface area contributed by atoms with E-state index in [-0.39, 0.29) is 5.91 Å². The molecular formula is C13H15ClN4O. The first kappa shape index (κ1) is 13.5. The van der Waals surface area contributed by atoms with E-state index in [0.29, 0.717) is 11.7 Å². The summed E-state index contributed by atoms with van der Waals surface area (Å²) in [5, 5.41) is 8.13. The van der Waals surface area contributed by atoms with Gasteiger partial charge in [-0.15, -0.1) is 10.2 Å². The Morgan fingerprint density at radius 1 is 1.32 bits per heavy atom. The summed E-state index contributed by atoms with van der Waals surface area (Å²) in [6.45, 7) is 5.77. The van der Waals surface area contributed by atoms with Crippen LogP contribution in [0.25, 0.3) is 0 Å². The summed E-state index contributed by atoms with van der Waals surface area (Å²) in [6, 6.07) is 3.75. The van der Waals surface area contributed by atoms with Crippen molar-refractivity contribution in [2.24, 2.45) is 0 Å². The van der Waals surface area contributed by atoms with Crippen molar-refractivity contribution in [1.82, 2.24) is 14.8 Å². The van der Waals surface area contributed by atoms with E-state index in [0.717, 1.165) is 16.8 Å². The number of hydrogen-bond donors (Lipinski definition) is 0. The molecule has 0 bridgehead atoms. The Labute approximate surface area is 116 Å². The maximum absolute atomic E-state index is 11.9. The van der Waals surface area contributed by atoms with Crippen LogP contribution < -0.4 is 4.90 Å². The molecule has 0 radical (unpaired) electrons. The maximum atomic E-state index is 11.9. The van der Waals surface area contributed by atoms with Crippen LogP contribution in [0.15, 0.2) is 24.8 Å². The molecule has 2 rings (SSSR count). The van der Waals surface area contributed by atoms with Gasteiger partial charge in [0.15, 0.2) is 0 Å². The molecule has 0 aliphatic heterocycles. The molecule has 0 aliphatic carbocycles. The summed E-state index contributed by atoms with van der Waals surface area (Å²) < 4.78 is 1.74. The molecule has 2 aromatic rings. The Morgan fingerprint density at radius 3 is 2.53 bits per heavy atom. The van der Waals surface area contributed by atoms with Crippen LogP contribution in [0.2, 0.25) is 5.02 Å². The first-order valence-corrected chi connectivity index (χ1v) is 6.24. The molecule has 5 nitrogen and oxygen atoms in total. The lowest BCUT2D eigenvalue weighted by atomic mass is 10.1. The first-order chi connectivity index (χ1) is 9.00. The van der Waals surface area contributed by atoms with Crippen LogP contribution in [0.5, 0.6) is 0 Å². The van der Waals surface area contributed by atoms with Crippen molar-refractivity contribution in [1.29, 1.82) is 0 Å². The normalized spacial score (nSPS) is 10.5. The molecule has 1 heterocycles. The van der Waals surface area contributed by atoms with Crippen molar-refractivity contribution in [3.63, 3.8) is 0 Å². The van der Waals surface area contributed by atoms with Crippen molar-refractivity contribution in [3.05, 3.63) is 40.9 Å². The molecule has 0 saturated heterocycles. The number of hydrogen-bond acceptors (Lipinski definition) is 3. The van der Waals surface area contributed by atoms with Crippen LogP contribution in [0, 0.1) is 13.8 Å². The van der Waals surface area contributed by atoms with Gasteiger partial charge in [-0.05, 0) is 31.0 Å². The molecule has 0 spiro atoms. The van der Waals surface area contributed by atoms with E-state index in [1.807, 2.05) is 26.0 Å². The molecule has 100 valence electrons. The lowest BCUT2D eigenvalue weighted by molar-refractivity contribution is -0.116. The highest BCUT2D eigenvalue weighted by atomic mass is 35.5. The van der Waals surface area contributed by atoms with E-state index in [4.69, 9.17) is 11.6 Å². The van der Waals surface area contributed by atoms with E-state index in [1.54, 1.807) is 22.1 Å². The topological polar surface area (TPSA) is 51.0 Å². The maximum Gasteiger partial charge on any atom is 0.225 e. The minimum Gasteiger partial charge on any atom is -0.301 e. The molecule has 1 aromatic heterocycles. The number of aromatic nitrogens is 3. The second kappa shape index (κ2) is 5.40. The zero-order valence-corrected chi connectivity index (χ0v) is 11.8. The van der Waals surface area contributed by atoms with Gasteiger partial charge in [-0.1, -0.05) is 17.7 Å². The van der Waals surface area contributed by atoms with Crippen molar-refractivity contribution >= 4 is 23.2 Å². The first-order valence-electron chi connectivity index (χ1n) is 5.87. The Morgan fingerprint density at radius 2 is 1.95 bits per heavy atom. The fourth-order valence-electron chi connectivity index (χ4n) is 2.01. The molecule has 0 aliphatic rings. The van der Waals surface area contributed by atoms with Crippen LogP contribution in [-0.4, -0.2) is 20.7 Å². The van der Waals surface area contributed by atoms with Gasteiger partial charge in [0, 0.05) is 11.9 Å². The van der Waals surface area contributed by atoms with E-state index in [1.165, 1.54) is 6.92 Å². The molecule has 0 N–H and O–H groups in total. The number of amides is 1. The number of halogens is 1. The fraction of sp³-hybridized carbons (Fsp3) is 0.308. The van der Waals surface area contributed by atoms with Gasteiger partial charge >= 0.3 is 0 Å². The van der Waals surface area contributed by atoms with Crippen LogP contribution >= 0.6 is 11.6 Å². The number of aryl methyl sites for hydroxylation is 1. The van der Waals surface area contributed by atoms with E-state index in [2.05, 4.69) is 10.2 Å². The van der Waals surface area contributed by atoms with Crippen LogP contribution in [0.4, 0.5) is 5.69 Å². The average molecular weight is 279 g/mol. The second-order valence-electron chi connectivity index (χ2n) is 4.40. The Kier molecular flexibility index (Phi) is 3.85. The largest absolute Gasteiger partial charge is 0.301 e. The minimum atomic E-state index is -0.0535. The van der Waals surface area contributed by atoms with Crippen LogP contribution in [0.3, 0.4) is 0 Å². The number of nitrogens with zero attached hydrogens (tertiary/aromatic N) is 4. The predicted octanol–water partition coefficient (Wildman–Crippen LogP) is 2.56. The zero-order valence-electron chi connectivity index (χ0n) is 11.1. The number of carbonyl (C=O) groups is 1. The predicted molar refractivity (Wildman–Crippen MR) is 74.1 cm³/mol. The smallest absolute Gasteiger partial charge is 0.225 e. The molecule has 0 atom stereocenters. The third kappa shape index (κ3) is 2.76. The van der Waals surface area contributed by atoms with Crippen LogP contribution in [0.1, 0.15) is 18.1 Å². The van der Waals surface area contributed by atoms with E-state index < -0.39 is 0 Å². The number of anilines is 1. The molecule has 6 heteroatoms. The van der Waals surface area contributed by atoms with Gasteiger partial charge < -0.3 is 4.57 Å². The number of carbonyl (C=O) groups excluding carboxylic acids is 1. The lowest BCUT2D eigenvalue weighted by Crippen LogP contribution is -2.31. The van der Waals surface area contributed by atoms with Crippen molar-refractivity contribution in [2.75, 3.05) is 4.90 Å². The fourth-order valence-corrected chi connectivity index (χ4v) is 2.16. The van der Waals surface area contributed by atoms with Crippen molar-refractivity contribution < 1.29 is 4.79 Å². The summed E-state index contributed by atoms with van der Waals surface area (Å²) in [5.41, 5.74) is 2.74. The third-order valence-corrected chi connectivity index (χ3v) is 3.40. The molecule has 0 fully saturated rings. The SMILES string of the molecule is CC(=O)N(Cn1cnnc1)c1c(C)ccc(Cl)c1C. The molecule has 0 saturated carbocycles. The average Bonchev–Trinajstić information content (AvgIpc) is 2.86. The van der Waals surface area contributed by atoms with Crippen molar-refractivity contribution in [3.8, 4) is 0 Å². The second-order valence-corrected chi connectivity index (χ2v) is 4.81. The highest BCUT2D eigenvalue weighted by Gasteiger charge is 2.18. The molecule has 1 aromatic carbocycles. The van der Waals surface area contributed by atoms with Gasteiger partial charge in [0.25, 0.3) is 0 Å². The lowest BCUT2D eigenvalue weighted by Gasteiger charge is -2.25. The summed E-state index contributed by atoms with van der Waals surface area (Å²) in [7, 11) is 0. The Hall–Kier alpha value is -1.88. The minimum absolute atomic E-state index is 0.0535. The molecule has 19 heavy (non-hydrogen) atoms. The quantitative estimate of drug-likeness (QED) is 0.867. The number of rotatable bonds is 3. The van der Waals surface area contributed by atoms with Gasteiger partial charge in [-0.2, -0.15) is 0 Å². The third-order valence-electron chi connectivity index (χ3n) is 2.99. The Balaban J connectivity index is 2.45. The van der Waals surface area contributed by atoms with Crippen LogP contribution in [-0.2, 0) is 11.5 Å².